The highest BCUT2D eigenvalue weighted by molar-refractivity contribution is 5.94. The molecule has 0 spiro atoms. The fourth-order valence-electron chi connectivity index (χ4n) is 5.56. The maximum Gasteiger partial charge on any atom is 0.317 e. The van der Waals surface area contributed by atoms with Crippen molar-refractivity contribution < 1.29 is 19.2 Å². The molecule has 13 nitrogen and oxygen atoms in total. The monoisotopic (exact) mass is 633 g/mol. The molecule has 0 aromatic heterocycles. The lowest BCUT2D eigenvalue weighted by Crippen LogP contribution is -2.53. The standard InChI is InChI=1S/C33H47N9O4/c34-28-13-9-26(10-14-28)24-38-33(46)42-21-17-40(18-22-42)30(44)6-4-2-1-3-5-29(43)39-15-19-41(20-16-39)32(45)37-23-25-7-11-27(12-8-25)31(35)36/h7-14H,1-6,15-24,34H2,(H3,35,36)(H,37,45)(H,38,46). The molecule has 46 heavy (non-hydrogen) atoms. The topological polar surface area (TPSA) is 181 Å². The highest BCUT2D eigenvalue weighted by Gasteiger charge is 2.25. The van der Waals surface area contributed by atoms with Crippen molar-refractivity contribution >= 4 is 35.4 Å². The molecule has 2 fully saturated rings. The summed E-state index contributed by atoms with van der Waals surface area (Å²) in [4.78, 5) is 57.6. The van der Waals surface area contributed by atoms with E-state index in [1.165, 1.54) is 0 Å². The van der Waals surface area contributed by atoms with Crippen LogP contribution >= 0.6 is 0 Å². The summed E-state index contributed by atoms with van der Waals surface area (Å²) in [7, 11) is 0. The van der Waals surface area contributed by atoms with E-state index in [9.17, 15) is 19.2 Å². The van der Waals surface area contributed by atoms with Gasteiger partial charge in [0, 0.05) is 89.5 Å². The van der Waals surface area contributed by atoms with Crippen LogP contribution in [0.1, 0.15) is 55.2 Å². The number of hydrogen-bond donors (Lipinski definition) is 5. The van der Waals surface area contributed by atoms with Crippen LogP contribution in [-0.4, -0.2) is 102 Å². The van der Waals surface area contributed by atoms with Gasteiger partial charge in [0.15, 0.2) is 0 Å². The van der Waals surface area contributed by atoms with E-state index >= 15 is 0 Å². The van der Waals surface area contributed by atoms with Gasteiger partial charge < -0.3 is 41.7 Å². The summed E-state index contributed by atoms with van der Waals surface area (Å²) in [6.07, 6.45) is 4.28. The van der Waals surface area contributed by atoms with Crippen LogP contribution in [0.15, 0.2) is 48.5 Å². The number of urea groups is 2. The molecule has 0 aliphatic carbocycles. The highest BCUT2D eigenvalue weighted by atomic mass is 16.2. The van der Waals surface area contributed by atoms with Crippen molar-refractivity contribution in [2.45, 2.75) is 51.6 Å². The summed E-state index contributed by atoms with van der Waals surface area (Å²) < 4.78 is 0. The SMILES string of the molecule is N=C(N)c1ccc(CNC(=O)N2CCN(C(=O)CCCCCCC(=O)N3CCN(C(=O)NCc4ccc(N)cc4)CC3)CC2)cc1. The molecule has 0 radical (unpaired) electrons. The van der Waals surface area contributed by atoms with Crippen LogP contribution in [0.25, 0.3) is 0 Å². The minimum Gasteiger partial charge on any atom is -0.399 e. The predicted molar refractivity (Wildman–Crippen MR) is 177 cm³/mol. The minimum absolute atomic E-state index is 0.00747. The van der Waals surface area contributed by atoms with Gasteiger partial charge in [0.25, 0.3) is 0 Å². The van der Waals surface area contributed by atoms with E-state index in [2.05, 4.69) is 10.6 Å². The third-order valence-corrected chi connectivity index (χ3v) is 8.50. The van der Waals surface area contributed by atoms with E-state index in [1.807, 2.05) is 46.2 Å². The van der Waals surface area contributed by atoms with Crippen molar-refractivity contribution in [3.05, 3.63) is 65.2 Å². The summed E-state index contributed by atoms with van der Waals surface area (Å²) in [6.45, 7) is 4.93. The van der Waals surface area contributed by atoms with Crippen LogP contribution in [0, 0.1) is 5.41 Å². The van der Waals surface area contributed by atoms with Crippen molar-refractivity contribution in [2.75, 3.05) is 58.1 Å². The van der Waals surface area contributed by atoms with Gasteiger partial charge in [-0.1, -0.05) is 49.2 Å². The highest BCUT2D eigenvalue weighted by Crippen LogP contribution is 2.13. The van der Waals surface area contributed by atoms with Crippen molar-refractivity contribution in [3.8, 4) is 0 Å². The number of nitrogens with two attached hydrogens (primary N) is 2. The molecule has 2 aliphatic rings. The fourth-order valence-corrected chi connectivity index (χ4v) is 5.56. The van der Waals surface area contributed by atoms with E-state index in [0.717, 1.165) is 36.8 Å². The summed E-state index contributed by atoms with van der Waals surface area (Å²) in [5.74, 6) is 0.232. The number of amidine groups is 1. The van der Waals surface area contributed by atoms with Gasteiger partial charge >= 0.3 is 12.1 Å². The first-order chi connectivity index (χ1) is 22.2. The molecule has 2 aromatic rings. The average Bonchev–Trinajstić information content (AvgIpc) is 3.08. The van der Waals surface area contributed by atoms with E-state index in [4.69, 9.17) is 16.9 Å². The molecule has 4 rings (SSSR count). The third-order valence-electron chi connectivity index (χ3n) is 8.50. The van der Waals surface area contributed by atoms with Gasteiger partial charge in [-0.3, -0.25) is 15.0 Å². The Hall–Kier alpha value is -4.81. The second-order valence-corrected chi connectivity index (χ2v) is 11.8. The summed E-state index contributed by atoms with van der Waals surface area (Å²) >= 11 is 0. The number of nitrogens with one attached hydrogen (secondary N) is 3. The third kappa shape index (κ3) is 10.4. The van der Waals surface area contributed by atoms with Gasteiger partial charge in [-0.2, -0.15) is 0 Å². The number of benzene rings is 2. The Balaban J connectivity index is 1.01. The van der Waals surface area contributed by atoms with E-state index in [-0.39, 0.29) is 29.7 Å². The Labute approximate surface area is 270 Å². The van der Waals surface area contributed by atoms with E-state index in [0.29, 0.717) is 89.5 Å². The fraction of sp³-hybridized carbons (Fsp3) is 0.485. The second-order valence-electron chi connectivity index (χ2n) is 11.8. The Bertz CT molecular complexity index is 1330. The van der Waals surface area contributed by atoms with Gasteiger partial charge in [-0.05, 0) is 36.1 Å². The van der Waals surface area contributed by atoms with Crippen LogP contribution in [0.5, 0.6) is 0 Å². The Morgan fingerprint density at radius 2 is 0.957 bits per heavy atom. The average molecular weight is 634 g/mol. The molecule has 2 heterocycles. The second kappa shape index (κ2) is 17.0. The lowest BCUT2D eigenvalue weighted by Gasteiger charge is -2.35. The van der Waals surface area contributed by atoms with Crippen LogP contribution in [0.4, 0.5) is 15.3 Å². The van der Waals surface area contributed by atoms with Crippen LogP contribution in [0.2, 0.25) is 0 Å². The number of nitrogen functional groups attached to an aromatic ring is 2. The number of carbonyl (C=O) groups is 4. The van der Waals surface area contributed by atoms with Crippen molar-refractivity contribution in [3.63, 3.8) is 0 Å². The first-order valence-corrected chi connectivity index (χ1v) is 16.1. The smallest absolute Gasteiger partial charge is 0.317 e. The van der Waals surface area contributed by atoms with Gasteiger partial charge in [-0.15, -0.1) is 0 Å². The van der Waals surface area contributed by atoms with Gasteiger partial charge in [0.2, 0.25) is 11.8 Å². The first-order valence-electron chi connectivity index (χ1n) is 16.1. The number of carbonyl (C=O) groups excluding carboxylic acids is 4. The number of piperazine rings is 2. The normalized spacial score (nSPS) is 15.0. The van der Waals surface area contributed by atoms with Crippen LogP contribution in [-0.2, 0) is 22.7 Å². The van der Waals surface area contributed by atoms with E-state index in [1.54, 1.807) is 21.9 Å². The summed E-state index contributed by atoms with van der Waals surface area (Å²) in [6, 6.07) is 14.3. The zero-order chi connectivity index (χ0) is 32.9. The molecule has 0 bridgehead atoms. The van der Waals surface area contributed by atoms with Gasteiger partial charge in [0.05, 0.1) is 0 Å². The molecule has 248 valence electrons. The molecule has 2 aliphatic heterocycles. The van der Waals surface area contributed by atoms with Crippen LogP contribution in [0.3, 0.4) is 0 Å². The van der Waals surface area contributed by atoms with Crippen molar-refractivity contribution in [2.24, 2.45) is 5.73 Å². The number of rotatable bonds is 12. The molecular formula is C33H47N9O4. The zero-order valence-corrected chi connectivity index (χ0v) is 26.5. The lowest BCUT2D eigenvalue weighted by molar-refractivity contribution is -0.133. The molecule has 7 N–H and O–H groups in total. The molecule has 2 saturated heterocycles. The quantitative estimate of drug-likeness (QED) is 0.103. The number of unbranched alkanes of at least 4 members (excludes halogenated alkanes) is 3. The largest absolute Gasteiger partial charge is 0.399 e. The molecule has 13 heteroatoms. The molecule has 0 unspecified atom stereocenters. The predicted octanol–water partition coefficient (Wildman–Crippen LogP) is 2.30. The lowest BCUT2D eigenvalue weighted by atomic mass is 10.1. The molecule has 0 atom stereocenters. The van der Waals surface area contributed by atoms with E-state index < -0.39 is 0 Å². The molecular weight excluding hydrogens is 586 g/mol. The zero-order valence-electron chi connectivity index (χ0n) is 26.5. The number of anilines is 1. The number of nitrogens with zero attached hydrogens (tertiary/aromatic N) is 4. The first kappa shape index (κ1) is 34.1. The maximum absolute atomic E-state index is 12.7. The molecule has 6 amide bonds. The molecule has 2 aromatic carbocycles. The Morgan fingerprint density at radius 1 is 0.587 bits per heavy atom. The van der Waals surface area contributed by atoms with Crippen molar-refractivity contribution in [1.82, 2.24) is 30.2 Å². The summed E-state index contributed by atoms with van der Waals surface area (Å²) in [5.41, 5.74) is 14.4. The van der Waals surface area contributed by atoms with Gasteiger partial charge in [0.1, 0.15) is 5.84 Å². The maximum atomic E-state index is 12.7. The van der Waals surface area contributed by atoms with Crippen LogP contribution < -0.4 is 22.1 Å². The number of amides is 6. The Morgan fingerprint density at radius 3 is 1.35 bits per heavy atom. The van der Waals surface area contributed by atoms with Crippen molar-refractivity contribution in [1.29, 1.82) is 5.41 Å². The number of hydrogen-bond acceptors (Lipinski definition) is 6. The summed E-state index contributed by atoms with van der Waals surface area (Å²) in [5, 5.41) is 13.3. The minimum atomic E-state index is -0.157. The van der Waals surface area contributed by atoms with Gasteiger partial charge in [-0.25, -0.2) is 9.59 Å². The molecule has 0 saturated carbocycles. The Kier molecular flexibility index (Phi) is 12.6.